The van der Waals surface area contributed by atoms with E-state index in [0.717, 1.165) is 26.1 Å². The minimum atomic E-state index is -4.01. The van der Waals surface area contributed by atoms with Gasteiger partial charge in [-0.05, 0) is 43.8 Å². The molecule has 2 heterocycles. The Bertz CT molecular complexity index is 370. The molecule has 114 valence electrons. The van der Waals surface area contributed by atoms with Crippen molar-refractivity contribution < 1.29 is 13.2 Å². The highest BCUT2D eigenvalue weighted by Crippen LogP contribution is 2.33. The van der Waals surface area contributed by atoms with Crippen molar-refractivity contribution in [1.82, 2.24) is 10.2 Å². The quantitative estimate of drug-likeness (QED) is 0.812. The molecule has 6 heteroatoms. The highest BCUT2D eigenvalue weighted by molar-refractivity contribution is 7.09. The maximum Gasteiger partial charge on any atom is 0.391 e. The lowest BCUT2D eigenvalue weighted by molar-refractivity contribution is -0.184. The van der Waals surface area contributed by atoms with Crippen LogP contribution in [-0.4, -0.2) is 43.8 Å². The summed E-state index contributed by atoms with van der Waals surface area (Å²) in [6.07, 6.45) is -2.49. The van der Waals surface area contributed by atoms with E-state index in [1.165, 1.54) is 4.88 Å². The van der Waals surface area contributed by atoms with E-state index in [1.54, 1.807) is 11.3 Å². The number of nitrogens with zero attached hydrogens (tertiary/aromatic N) is 1. The number of hydrogen-bond donors (Lipinski definition) is 1. The molecule has 2 rings (SSSR count). The van der Waals surface area contributed by atoms with Crippen LogP contribution in [0.25, 0.3) is 0 Å². The van der Waals surface area contributed by atoms with Gasteiger partial charge in [-0.3, -0.25) is 0 Å². The Hall–Kier alpha value is -0.590. The molecule has 1 saturated heterocycles. The van der Waals surface area contributed by atoms with Gasteiger partial charge in [0.2, 0.25) is 0 Å². The molecule has 0 unspecified atom stereocenters. The molecule has 0 aromatic carbocycles. The van der Waals surface area contributed by atoms with Crippen molar-refractivity contribution >= 4 is 11.3 Å². The summed E-state index contributed by atoms with van der Waals surface area (Å²) in [5.41, 5.74) is 0. The smallest absolute Gasteiger partial charge is 0.315 e. The van der Waals surface area contributed by atoms with Crippen LogP contribution in [0.5, 0.6) is 0 Å². The fourth-order valence-corrected chi connectivity index (χ4v) is 3.22. The van der Waals surface area contributed by atoms with Gasteiger partial charge in [-0.15, -0.1) is 11.3 Å². The van der Waals surface area contributed by atoms with Crippen molar-refractivity contribution in [2.75, 3.05) is 32.7 Å². The van der Waals surface area contributed by atoms with Crippen molar-refractivity contribution in [3.05, 3.63) is 22.4 Å². The standard InChI is InChI=1S/C14H21F3N2S/c15-14(16,17)12-4-8-19(9-5-12)10-7-18-6-3-13-2-1-11-20-13/h1-2,11-12,18H,3-10H2. The van der Waals surface area contributed by atoms with Crippen LogP contribution in [0.2, 0.25) is 0 Å². The van der Waals surface area contributed by atoms with Gasteiger partial charge in [-0.1, -0.05) is 6.07 Å². The average molecular weight is 306 g/mol. The fraction of sp³-hybridized carbons (Fsp3) is 0.714. The minimum absolute atomic E-state index is 0.249. The number of likely N-dealkylation sites (tertiary alicyclic amines) is 1. The molecule has 1 aromatic heterocycles. The Kier molecular flexibility index (Phi) is 5.86. The highest BCUT2D eigenvalue weighted by Gasteiger charge is 2.40. The second-order valence-corrected chi connectivity index (χ2v) is 6.27. The topological polar surface area (TPSA) is 15.3 Å². The van der Waals surface area contributed by atoms with Crippen molar-refractivity contribution in [3.8, 4) is 0 Å². The molecule has 0 bridgehead atoms. The maximum absolute atomic E-state index is 12.5. The van der Waals surface area contributed by atoms with E-state index in [2.05, 4.69) is 21.7 Å². The number of halogens is 3. The van der Waals surface area contributed by atoms with Gasteiger partial charge in [0.15, 0.2) is 0 Å². The SMILES string of the molecule is FC(F)(F)C1CCN(CCNCCc2cccs2)CC1. The number of rotatable bonds is 6. The third-order valence-corrected chi connectivity index (χ3v) is 4.72. The summed E-state index contributed by atoms with van der Waals surface area (Å²) in [5.74, 6) is -1.09. The Labute approximate surface area is 122 Å². The molecule has 20 heavy (non-hydrogen) atoms. The van der Waals surface area contributed by atoms with Gasteiger partial charge in [-0.2, -0.15) is 13.2 Å². The second-order valence-electron chi connectivity index (χ2n) is 5.24. The van der Waals surface area contributed by atoms with E-state index in [0.29, 0.717) is 13.1 Å². The maximum atomic E-state index is 12.5. The van der Waals surface area contributed by atoms with Crippen molar-refractivity contribution in [2.45, 2.75) is 25.4 Å². The third-order valence-electron chi connectivity index (χ3n) is 3.78. The van der Waals surface area contributed by atoms with E-state index < -0.39 is 12.1 Å². The predicted molar refractivity (Wildman–Crippen MR) is 76.1 cm³/mol. The van der Waals surface area contributed by atoms with Crippen molar-refractivity contribution in [1.29, 1.82) is 0 Å². The van der Waals surface area contributed by atoms with Crippen LogP contribution in [0, 0.1) is 5.92 Å². The highest BCUT2D eigenvalue weighted by atomic mass is 32.1. The second kappa shape index (κ2) is 7.43. The van der Waals surface area contributed by atoms with Crippen LogP contribution in [0.15, 0.2) is 17.5 Å². The molecular weight excluding hydrogens is 285 g/mol. The molecule has 0 saturated carbocycles. The summed E-state index contributed by atoms with van der Waals surface area (Å²) in [6.45, 7) is 3.75. The van der Waals surface area contributed by atoms with E-state index >= 15 is 0 Å². The van der Waals surface area contributed by atoms with Crippen LogP contribution < -0.4 is 5.32 Å². The zero-order valence-corrected chi connectivity index (χ0v) is 12.3. The van der Waals surface area contributed by atoms with Crippen molar-refractivity contribution in [2.24, 2.45) is 5.92 Å². The lowest BCUT2D eigenvalue weighted by Gasteiger charge is -2.32. The first-order chi connectivity index (χ1) is 9.55. The molecule has 1 aliphatic heterocycles. The summed E-state index contributed by atoms with van der Waals surface area (Å²) in [7, 11) is 0. The van der Waals surface area contributed by atoms with Crippen molar-refractivity contribution in [3.63, 3.8) is 0 Å². The van der Waals surface area contributed by atoms with Crippen LogP contribution in [0.3, 0.4) is 0 Å². The monoisotopic (exact) mass is 306 g/mol. The summed E-state index contributed by atoms with van der Waals surface area (Å²) in [6, 6.07) is 4.17. The molecular formula is C14H21F3N2S. The molecule has 1 aromatic rings. The van der Waals surface area contributed by atoms with Gasteiger partial charge in [0.05, 0.1) is 5.92 Å². The van der Waals surface area contributed by atoms with Gasteiger partial charge < -0.3 is 10.2 Å². The van der Waals surface area contributed by atoms with Crippen LogP contribution in [0.4, 0.5) is 13.2 Å². The molecule has 0 amide bonds. The summed E-state index contributed by atoms with van der Waals surface area (Å²) >= 11 is 1.75. The Morgan fingerprint density at radius 3 is 2.60 bits per heavy atom. The number of alkyl halides is 3. The van der Waals surface area contributed by atoms with E-state index in [-0.39, 0.29) is 12.8 Å². The van der Waals surface area contributed by atoms with Gasteiger partial charge in [0, 0.05) is 24.5 Å². The van der Waals surface area contributed by atoms with Gasteiger partial charge in [0.25, 0.3) is 0 Å². The first-order valence-corrected chi connectivity index (χ1v) is 7.96. The van der Waals surface area contributed by atoms with Crippen LogP contribution >= 0.6 is 11.3 Å². The molecule has 1 N–H and O–H groups in total. The number of thiophene rings is 1. The number of nitrogens with one attached hydrogen (secondary N) is 1. The number of hydrogen-bond acceptors (Lipinski definition) is 3. The van der Waals surface area contributed by atoms with Crippen LogP contribution in [0.1, 0.15) is 17.7 Å². The molecule has 1 aliphatic rings. The largest absolute Gasteiger partial charge is 0.391 e. The van der Waals surface area contributed by atoms with Gasteiger partial charge >= 0.3 is 6.18 Å². The summed E-state index contributed by atoms with van der Waals surface area (Å²) in [4.78, 5) is 3.49. The lowest BCUT2D eigenvalue weighted by Crippen LogP contribution is -2.41. The first kappa shape index (κ1) is 15.8. The lowest BCUT2D eigenvalue weighted by atomic mass is 9.96. The summed E-state index contributed by atoms with van der Waals surface area (Å²) < 4.78 is 37.6. The molecule has 2 nitrogen and oxygen atoms in total. The zero-order chi connectivity index (χ0) is 14.4. The summed E-state index contributed by atoms with van der Waals surface area (Å²) in [5, 5.41) is 5.42. The minimum Gasteiger partial charge on any atom is -0.315 e. The molecule has 0 aliphatic carbocycles. The predicted octanol–water partition coefficient (Wildman–Crippen LogP) is 3.15. The fourth-order valence-electron chi connectivity index (χ4n) is 2.51. The normalized spacial score (nSPS) is 18.6. The van der Waals surface area contributed by atoms with E-state index in [9.17, 15) is 13.2 Å². The molecule has 0 radical (unpaired) electrons. The Morgan fingerprint density at radius 2 is 2.00 bits per heavy atom. The van der Waals surface area contributed by atoms with Crippen LogP contribution in [-0.2, 0) is 6.42 Å². The Balaban J connectivity index is 1.53. The van der Waals surface area contributed by atoms with Gasteiger partial charge in [-0.25, -0.2) is 0 Å². The Morgan fingerprint density at radius 1 is 1.25 bits per heavy atom. The first-order valence-electron chi connectivity index (χ1n) is 7.08. The third kappa shape index (κ3) is 5.07. The average Bonchev–Trinajstić information content (AvgIpc) is 2.91. The molecule has 0 spiro atoms. The van der Waals surface area contributed by atoms with E-state index in [1.807, 2.05) is 6.07 Å². The number of piperidine rings is 1. The van der Waals surface area contributed by atoms with E-state index in [4.69, 9.17) is 0 Å². The molecule has 1 fully saturated rings. The zero-order valence-electron chi connectivity index (χ0n) is 11.5. The van der Waals surface area contributed by atoms with Gasteiger partial charge in [0.1, 0.15) is 0 Å². The molecule has 0 atom stereocenters.